The van der Waals surface area contributed by atoms with Gasteiger partial charge >= 0.3 is 0 Å². The van der Waals surface area contributed by atoms with E-state index in [0.29, 0.717) is 6.42 Å². The zero-order valence-electron chi connectivity index (χ0n) is 44.2. The van der Waals surface area contributed by atoms with Gasteiger partial charge in [0.05, 0.1) is 25.4 Å². The van der Waals surface area contributed by atoms with E-state index in [1.165, 1.54) is 44.9 Å². The van der Waals surface area contributed by atoms with Crippen molar-refractivity contribution in [2.45, 2.75) is 224 Å². The fourth-order valence-electron chi connectivity index (χ4n) is 7.55. The van der Waals surface area contributed by atoms with Gasteiger partial charge in [-0.15, -0.1) is 0 Å². The number of aliphatic hydroxyl groups is 5. The van der Waals surface area contributed by atoms with Gasteiger partial charge in [0.15, 0.2) is 6.29 Å². The highest BCUT2D eigenvalue weighted by molar-refractivity contribution is 5.76. The highest BCUT2D eigenvalue weighted by Crippen LogP contribution is 2.22. The van der Waals surface area contributed by atoms with E-state index < -0.39 is 49.5 Å². The Labute approximate surface area is 432 Å². The van der Waals surface area contributed by atoms with Crippen LogP contribution in [0, 0.1) is 0 Å². The van der Waals surface area contributed by atoms with Crippen molar-refractivity contribution in [2.75, 3.05) is 13.2 Å². The van der Waals surface area contributed by atoms with Gasteiger partial charge in [-0.25, -0.2) is 0 Å². The van der Waals surface area contributed by atoms with Crippen LogP contribution in [0.1, 0.15) is 181 Å². The first-order chi connectivity index (χ1) is 34.8. The summed E-state index contributed by atoms with van der Waals surface area (Å²) in [6, 6.07) is -0.834. The summed E-state index contributed by atoms with van der Waals surface area (Å²) in [5, 5.41) is 54.1. The SMILES string of the molecule is CC/C=C\C/C=C\C/C=C\C/C=C\C/C=C\C/C=C\C/C=C\C/C=C\C/C=C\C/C=C\CCCCCCCCCCC(=O)NC(COC1OC(CO)C(O)C(O)C1O)C(O)/C=C/CC/C=C/CCCCC. The maximum Gasteiger partial charge on any atom is 0.220 e. The zero-order chi connectivity index (χ0) is 51.5. The second-order valence-electron chi connectivity index (χ2n) is 18.3. The minimum atomic E-state index is -1.58. The molecule has 0 aromatic heterocycles. The Morgan fingerprint density at radius 2 is 0.887 bits per heavy atom. The summed E-state index contributed by atoms with van der Waals surface area (Å²) < 4.78 is 11.2. The molecule has 0 radical (unpaired) electrons. The smallest absolute Gasteiger partial charge is 0.220 e. The normalized spacial score (nSPS) is 20.5. The number of carbonyl (C=O) groups is 1. The maximum atomic E-state index is 13.0. The molecule has 9 heteroatoms. The third-order valence-electron chi connectivity index (χ3n) is 11.9. The molecule has 71 heavy (non-hydrogen) atoms. The molecule has 0 aromatic carbocycles. The first-order valence-corrected chi connectivity index (χ1v) is 27.6. The fraction of sp³-hybridized carbons (Fsp3) is 0.597. The molecule has 7 unspecified atom stereocenters. The Morgan fingerprint density at radius 1 is 0.493 bits per heavy atom. The molecule has 9 nitrogen and oxygen atoms in total. The summed E-state index contributed by atoms with van der Waals surface area (Å²) in [6.07, 6.45) is 70.7. The molecular formula is C62H99NO8. The summed E-state index contributed by atoms with van der Waals surface area (Å²) in [7, 11) is 0. The predicted molar refractivity (Wildman–Crippen MR) is 299 cm³/mol. The van der Waals surface area contributed by atoms with Crippen LogP contribution in [0.3, 0.4) is 0 Å². The minimum absolute atomic E-state index is 0.206. The van der Waals surface area contributed by atoms with Crippen LogP contribution in [-0.2, 0) is 14.3 Å². The van der Waals surface area contributed by atoms with Gasteiger partial charge in [0.1, 0.15) is 24.4 Å². The van der Waals surface area contributed by atoms with Crippen LogP contribution in [0.4, 0.5) is 0 Å². The fourth-order valence-corrected chi connectivity index (χ4v) is 7.55. The van der Waals surface area contributed by atoms with Crippen molar-refractivity contribution in [1.29, 1.82) is 0 Å². The van der Waals surface area contributed by atoms with E-state index >= 15 is 0 Å². The molecule has 1 rings (SSSR count). The number of carbonyl (C=O) groups excluding carboxylic acids is 1. The monoisotopic (exact) mass is 986 g/mol. The molecule has 1 aliphatic heterocycles. The number of allylic oxidation sites excluding steroid dienone is 23. The van der Waals surface area contributed by atoms with Crippen LogP contribution < -0.4 is 5.32 Å². The maximum absolute atomic E-state index is 13.0. The quantitative estimate of drug-likeness (QED) is 0.0261. The van der Waals surface area contributed by atoms with Crippen LogP contribution in [-0.4, -0.2) is 87.5 Å². The minimum Gasteiger partial charge on any atom is -0.394 e. The lowest BCUT2D eigenvalue weighted by Crippen LogP contribution is -2.60. The molecule has 1 heterocycles. The molecule has 0 spiro atoms. The topological polar surface area (TPSA) is 149 Å². The molecule has 0 aliphatic carbocycles. The van der Waals surface area contributed by atoms with E-state index in [2.05, 4.69) is 153 Å². The van der Waals surface area contributed by atoms with Gasteiger partial charge in [0.2, 0.25) is 5.91 Å². The van der Waals surface area contributed by atoms with Gasteiger partial charge < -0.3 is 40.3 Å². The molecular weight excluding hydrogens is 887 g/mol. The number of aliphatic hydroxyl groups excluding tert-OH is 5. The van der Waals surface area contributed by atoms with Crippen molar-refractivity contribution in [3.05, 3.63) is 146 Å². The largest absolute Gasteiger partial charge is 0.394 e. The Bertz CT molecular complexity index is 1610. The molecule has 1 amide bonds. The highest BCUT2D eigenvalue weighted by atomic mass is 16.7. The van der Waals surface area contributed by atoms with Crippen molar-refractivity contribution >= 4 is 5.91 Å². The van der Waals surface area contributed by atoms with Crippen LogP contribution in [0.2, 0.25) is 0 Å². The van der Waals surface area contributed by atoms with Crippen molar-refractivity contribution in [2.24, 2.45) is 0 Å². The van der Waals surface area contributed by atoms with Gasteiger partial charge in [0, 0.05) is 6.42 Å². The molecule has 0 aromatic rings. The van der Waals surface area contributed by atoms with Crippen molar-refractivity contribution < 1.29 is 39.8 Å². The third-order valence-corrected chi connectivity index (χ3v) is 11.9. The van der Waals surface area contributed by atoms with Crippen LogP contribution >= 0.6 is 0 Å². The Balaban J connectivity index is 2.14. The van der Waals surface area contributed by atoms with E-state index in [1.54, 1.807) is 6.08 Å². The lowest BCUT2D eigenvalue weighted by Gasteiger charge is -2.40. The van der Waals surface area contributed by atoms with E-state index in [-0.39, 0.29) is 12.5 Å². The lowest BCUT2D eigenvalue weighted by atomic mass is 9.99. The standard InChI is InChI=1S/C62H99NO8/c1-3-5-7-9-11-13-14-15-16-17-18-19-20-21-22-23-24-25-26-27-28-29-30-31-32-33-34-35-36-37-38-39-40-41-42-44-46-48-50-52-58(66)63-55(56(65)51-49-47-45-43-12-10-8-6-4-2)54-70-62-61(69)60(68)59(67)57(53-64)71-62/h5,7,11-13,15-16,18-19,21-22,24-25,27-28,30-31,33-34,36-37,43,49,51,55-57,59-62,64-65,67-69H,3-4,6,8-10,14,17,20,23,26,29,32,35,38-42,44-48,50,52-54H2,1-2H3,(H,63,66)/b7-5-,13-11-,16-15-,19-18-,22-21-,25-24-,28-27-,31-30-,34-33-,37-36-,43-12+,51-49+. The van der Waals surface area contributed by atoms with Crippen molar-refractivity contribution in [3.63, 3.8) is 0 Å². The zero-order valence-corrected chi connectivity index (χ0v) is 44.2. The molecule has 0 bridgehead atoms. The Hall–Kier alpha value is -3.93. The van der Waals surface area contributed by atoms with Gasteiger partial charge in [-0.3, -0.25) is 4.79 Å². The van der Waals surface area contributed by atoms with Crippen LogP contribution in [0.25, 0.3) is 0 Å². The molecule has 6 N–H and O–H groups in total. The second kappa shape index (κ2) is 49.6. The molecule has 7 atom stereocenters. The average Bonchev–Trinajstić information content (AvgIpc) is 3.37. The van der Waals surface area contributed by atoms with E-state index in [0.717, 1.165) is 116 Å². The highest BCUT2D eigenvalue weighted by Gasteiger charge is 2.44. The van der Waals surface area contributed by atoms with Crippen LogP contribution in [0.15, 0.2) is 146 Å². The summed E-state index contributed by atoms with van der Waals surface area (Å²) in [5.41, 5.74) is 0. The summed E-state index contributed by atoms with van der Waals surface area (Å²) in [5.74, 6) is -0.206. The summed E-state index contributed by atoms with van der Waals surface area (Å²) >= 11 is 0. The molecule has 400 valence electrons. The van der Waals surface area contributed by atoms with E-state index in [4.69, 9.17) is 9.47 Å². The Kier molecular flexibility index (Phi) is 45.5. The van der Waals surface area contributed by atoms with Gasteiger partial charge in [0.25, 0.3) is 0 Å². The molecule has 1 aliphatic rings. The van der Waals surface area contributed by atoms with E-state index in [1.807, 2.05) is 6.08 Å². The van der Waals surface area contributed by atoms with Gasteiger partial charge in [-0.05, 0) is 109 Å². The van der Waals surface area contributed by atoms with Crippen molar-refractivity contribution in [1.82, 2.24) is 5.32 Å². The summed E-state index contributed by atoms with van der Waals surface area (Å²) in [6.45, 7) is 3.55. The summed E-state index contributed by atoms with van der Waals surface area (Å²) in [4.78, 5) is 13.0. The number of hydrogen-bond donors (Lipinski definition) is 6. The second-order valence-corrected chi connectivity index (χ2v) is 18.3. The van der Waals surface area contributed by atoms with Crippen molar-refractivity contribution in [3.8, 4) is 0 Å². The number of rotatable bonds is 44. The third kappa shape index (κ3) is 39.3. The lowest BCUT2D eigenvalue weighted by molar-refractivity contribution is -0.302. The molecule has 1 saturated heterocycles. The number of unbranched alkanes of at least 4 members (excludes halogenated alkanes) is 12. The Morgan fingerprint density at radius 3 is 1.35 bits per heavy atom. The van der Waals surface area contributed by atoms with Gasteiger partial charge in [-0.2, -0.15) is 0 Å². The predicted octanol–water partition coefficient (Wildman–Crippen LogP) is 13.5. The van der Waals surface area contributed by atoms with Gasteiger partial charge in [-0.1, -0.05) is 211 Å². The molecule has 1 fully saturated rings. The number of nitrogens with one attached hydrogen (secondary N) is 1. The number of hydrogen-bond acceptors (Lipinski definition) is 8. The number of amides is 1. The number of ether oxygens (including phenoxy) is 2. The average molecular weight is 986 g/mol. The van der Waals surface area contributed by atoms with Crippen LogP contribution in [0.5, 0.6) is 0 Å². The molecule has 0 saturated carbocycles. The first-order valence-electron chi connectivity index (χ1n) is 27.6. The first kappa shape index (κ1) is 65.1. The van der Waals surface area contributed by atoms with E-state index in [9.17, 15) is 30.3 Å².